The van der Waals surface area contributed by atoms with Crippen LogP contribution in [0.15, 0.2) is 54.7 Å². The number of aliphatic hydroxyl groups excluding tert-OH is 1. The van der Waals surface area contributed by atoms with E-state index in [-0.39, 0.29) is 12.6 Å². The van der Waals surface area contributed by atoms with Crippen molar-refractivity contribution in [2.24, 2.45) is 0 Å². The average Bonchev–Trinajstić information content (AvgIpc) is 2.60. The highest BCUT2D eigenvalue weighted by atomic mass is 16.3. The van der Waals surface area contributed by atoms with Gasteiger partial charge in [-0.25, -0.2) is 4.79 Å². The first-order valence-corrected chi connectivity index (χ1v) is 7.75. The normalized spacial score (nSPS) is 10.6. The van der Waals surface area contributed by atoms with E-state index in [9.17, 15) is 9.90 Å². The van der Waals surface area contributed by atoms with E-state index in [1.54, 1.807) is 6.20 Å². The van der Waals surface area contributed by atoms with Gasteiger partial charge in [0.25, 0.3) is 0 Å². The van der Waals surface area contributed by atoms with E-state index < -0.39 is 0 Å². The van der Waals surface area contributed by atoms with Gasteiger partial charge in [-0.2, -0.15) is 0 Å². The second-order valence-corrected chi connectivity index (χ2v) is 5.62. The summed E-state index contributed by atoms with van der Waals surface area (Å²) >= 11 is 0. The molecule has 0 atom stereocenters. The molecule has 2 amide bonds. The minimum atomic E-state index is -0.305. The van der Waals surface area contributed by atoms with E-state index in [1.807, 2.05) is 55.5 Å². The second kappa shape index (κ2) is 7.10. The van der Waals surface area contributed by atoms with Crippen LogP contribution in [0.2, 0.25) is 0 Å². The van der Waals surface area contributed by atoms with Crippen molar-refractivity contribution in [3.8, 4) is 0 Å². The number of hydrogen-bond donors (Lipinski definition) is 3. The number of benzene rings is 2. The first-order valence-electron chi connectivity index (χ1n) is 7.75. The number of nitrogens with zero attached hydrogens (tertiary/aromatic N) is 1. The highest BCUT2D eigenvalue weighted by molar-refractivity contribution is 5.99. The molecule has 3 rings (SSSR count). The lowest BCUT2D eigenvalue weighted by Gasteiger charge is -2.12. The molecule has 5 nitrogen and oxygen atoms in total. The van der Waals surface area contributed by atoms with Gasteiger partial charge in [0, 0.05) is 18.1 Å². The van der Waals surface area contributed by atoms with Crippen LogP contribution < -0.4 is 10.6 Å². The summed E-state index contributed by atoms with van der Waals surface area (Å²) in [4.78, 5) is 16.6. The fraction of sp³-hybridized carbons (Fsp3) is 0.158. The maximum absolute atomic E-state index is 12.2. The number of urea groups is 1. The van der Waals surface area contributed by atoms with Crippen molar-refractivity contribution >= 4 is 22.6 Å². The van der Waals surface area contributed by atoms with Crippen molar-refractivity contribution in [2.45, 2.75) is 20.1 Å². The van der Waals surface area contributed by atoms with E-state index in [0.29, 0.717) is 12.2 Å². The molecule has 0 bridgehead atoms. The molecular formula is C19H19N3O2. The third-order valence-electron chi connectivity index (χ3n) is 3.83. The molecular weight excluding hydrogens is 302 g/mol. The molecule has 3 N–H and O–H groups in total. The smallest absolute Gasteiger partial charge is 0.319 e. The van der Waals surface area contributed by atoms with Gasteiger partial charge in [-0.3, -0.25) is 4.98 Å². The molecule has 0 saturated heterocycles. The molecule has 0 unspecified atom stereocenters. The number of carbonyl (C=O) groups is 1. The molecule has 0 aliphatic carbocycles. The summed E-state index contributed by atoms with van der Waals surface area (Å²) in [6, 6.07) is 14.9. The van der Waals surface area contributed by atoms with E-state index in [0.717, 1.165) is 27.6 Å². The van der Waals surface area contributed by atoms with Gasteiger partial charge in [-0.15, -0.1) is 0 Å². The van der Waals surface area contributed by atoms with Crippen molar-refractivity contribution in [2.75, 3.05) is 5.32 Å². The predicted molar refractivity (Wildman–Crippen MR) is 94.7 cm³/mol. The van der Waals surface area contributed by atoms with Gasteiger partial charge >= 0.3 is 6.03 Å². The van der Waals surface area contributed by atoms with Gasteiger partial charge in [0.2, 0.25) is 0 Å². The Hall–Kier alpha value is -2.92. The van der Waals surface area contributed by atoms with E-state index in [4.69, 9.17) is 0 Å². The molecule has 0 fully saturated rings. The number of anilines is 1. The SMILES string of the molecule is Cc1cc(NC(=O)NCc2ccccc2CO)c2ncccc2c1. The predicted octanol–water partition coefficient (Wildman–Crippen LogP) is 3.36. The van der Waals surface area contributed by atoms with Crippen LogP contribution in [0, 0.1) is 6.92 Å². The summed E-state index contributed by atoms with van der Waals surface area (Å²) in [5.74, 6) is 0. The molecule has 1 heterocycles. The van der Waals surface area contributed by atoms with Crippen LogP contribution in [-0.2, 0) is 13.2 Å². The fourth-order valence-electron chi connectivity index (χ4n) is 2.66. The maximum Gasteiger partial charge on any atom is 0.319 e. The largest absolute Gasteiger partial charge is 0.392 e. The number of aromatic nitrogens is 1. The van der Waals surface area contributed by atoms with Crippen molar-refractivity contribution in [3.05, 3.63) is 71.4 Å². The topological polar surface area (TPSA) is 74.2 Å². The summed E-state index contributed by atoms with van der Waals surface area (Å²) in [5.41, 5.74) is 4.19. The second-order valence-electron chi connectivity index (χ2n) is 5.62. The summed E-state index contributed by atoms with van der Waals surface area (Å²) < 4.78 is 0. The molecule has 24 heavy (non-hydrogen) atoms. The molecule has 2 aromatic carbocycles. The van der Waals surface area contributed by atoms with Gasteiger partial charge in [-0.1, -0.05) is 30.3 Å². The third kappa shape index (κ3) is 3.52. The van der Waals surface area contributed by atoms with E-state index >= 15 is 0 Å². The Morgan fingerprint density at radius 3 is 2.71 bits per heavy atom. The zero-order valence-electron chi connectivity index (χ0n) is 13.4. The minimum Gasteiger partial charge on any atom is -0.392 e. The van der Waals surface area contributed by atoms with Crippen LogP contribution in [-0.4, -0.2) is 16.1 Å². The van der Waals surface area contributed by atoms with Crippen molar-refractivity contribution in [3.63, 3.8) is 0 Å². The molecule has 1 aromatic heterocycles. The molecule has 0 saturated carbocycles. The number of hydrogen-bond acceptors (Lipinski definition) is 3. The summed E-state index contributed by atoms with van der Waals surface area (Å²) in [6.07, 6.45) is 1.71. The third-order valence-corrected chi connectivity index (χ3v) is 3.83. The quantitative estimate of drug-likeness (QED) is 0.690. The number of amides is 2. The Labute approximate surface area is 140 Å². The monoisotopic (exact) mass is 321 g/mol. The summed E-state index contributed by atoms with van der Waals surface area (Å²) in [7, 11) is 0. The lowest BCUT2D eigenvalue weighted by molar-refractivity contribution is 0.251. The minimum absolute atomic E-state index is 0.0497. The number of fused-ring (bicyclic) bond motifs is 1. The standard InChI is InChI=1S/C19H19N3O2/c1-13-9-14-7-4-8-20-18(14)17(10-13)22-19(24)21-11-15-5-2-3-6-16(15)12-23/h2-10,23H,11-12H2,1H3,(H2,21,22,24). The molecule has 0 aliphatic rings. The maximum atomic E-state index is 12.2. The fourth-order valence-corrected chi connectivity index (χ4v) is 2.66. The van der Waals surface area contributed by atoms with Crippen LogP contribution >= 0.6 is 0 Å². The first kappa shape index (κ1) is 16.0. The molecule has 122 valence electrons. The van der Waals surface area contributed by atoms with Crippen molar-refractivity contribution < 1.29 is 9.90 Å². The summed E-state index contributed by atoms with van der Waals surface area (Å²) in [5, 5.41) is 16.0. The lowest BCUT2D eigenvalue weighted by Crippen LogP contribution is -2.28. The number of rotatable bonds is 4. The Bertz CT molecular complexity index is 877. The molecule has 3 aromatic rings. The number of aliphatic hydroxyl groups is 1. The molecule has 0 radical (unpaired) electrons. The Morgan fingerprint density at radius 1 is 1.12 bits per heavy atom. The zero-order chi connectivity index (χ0) is 16.9. The van der Waals surface area contributed by atoms with Crippen LogP contribution in [0.5, 0.6) is 0 Å². The Morgan fingerprint density at radius 2 is 1.92 bits per heavy atom. The van der Waals surface area contributed by atoms with Gasteiger partial charge in [0.15, 0.2) is 0 Å². The first-order chi connectivity index (χ1) is 11.7. The Kier molecular flexibility index (Phi) is 4.72. The molecule has 0 spiro atoms. The van der Waals surface area contributed by atoms with Gasteiger partial charge in [0.1, 0.15) is 0 Å². The van der Waals surface area contributed by atoms with Gasteiger partial charge < -0.3 is 15.7 Å². The average molecular weight is 321 g/mol. The molecule has 0 aliphatic heterocycles. The van der Waals surface area contributed by atoms with Crippen LogP contribution in [0.1, 0.15) is 16.7 Å². The van der Waals surface area contributed by atoms with Gasteiger partial charge in [0.05, 0.1) is 17.8 Å². The van der Waals surface area contributed by atoms with Gasteiger partial charge in [-0.05, 0) is 41.8 Å². The highest BCUT2D eigenvalue weighted by Gasteiger charge is 2.08. The highest BCUT2D eigenvalue weighted by Crippen LogP contribution is 2.23. The van der Waals surface area contributed by atoms with Crippen LogP contribution in [0.3, 0.4) is 0 Å². The van der Waals surface area contributed by atoms with Crippen molar-refractivity contribution in [1.82, 2.24) is 10.3 Å². The zero-order valence-corrected chi connectivity index (χ0v) is 13.4. The number of carbonyl (C=O) groups excluding carboxylic acids is 1. The van der Waals surface area contributed by atoms with E-state index in [1.165, 1.54) is 0 Å². The summed E-state index contributed by atoms with van der Waals surface area (Å²) in [6.45, 7) is 2.28. The van der Waals surface area contributed by atoms with Crippen LogP contribution in [0.25, 0.3) is 10.9 Å². The Balaban J connectivity index is 1.74. The van der Waals surface area contributed by atoms with E-state index in [2.05, 4.69) is 15.6 Å². The lowest BCUT2D eigenvalue weighted by atomic mass is 10.1. The van der Waals surface area contributed by atoms with Crippen molar-refractivity contribution in [1.29, 1.82) is 0 Å². The number of nitrogens with one attached hydrogen (secondary N) is 2. The number of pyridine rings is 1. The molecule has 5 heteroatoms. The number of aryl methyl sites for hydroxylation is 1. The van der Waals surface area contributed by atoms with Crippen LogP contribution in [0.4, 0.5) is 10.5 Å².